The third-order valence-electron chi connectivity index (χ3n) is 2.68. The van der Waals surface area contributed by atoms with Crippen LogP contribution >= 0.6 is 15.9 Å². The van der Waals surface area contributed by atoms with Crippen molar-refractivity contribution in [2.24, 2.45) is 0 Å². The van der Waals surface area contributed by atoms with E-state index < -0.39 is 0 Å². The number of fused-ring (bicyclic) bond motifs is 1. The van der Waals surface area contributed by atoms with Gasteiger partial charge in [-0.05, 0) is 37.1 Å². The number of halogens is 1. The molecule has 0 saturated heterocycles. The summed E-state index contributed by atoms with van der Waals surface area (Å²) in [7, 11) is 0. The van der Waals surface area contributed by atoms with E-state index in [2.05, 4.69) is 27.8 Å². The van der Waals surface area contributed by atoms with Gasteiger partial charge in [0.1, 0.15) is 0 Å². The highest BCUT2D eigenvalue weighted by Gasteiger charge is 2.07. The predicted molar refractivity (Wildman–Crippen MR) is 68.0 cm³/mol. The van der Waals surface area contributed by atoms with E-state index in [4.69, 9.17) is 5.73 Å². The molecule has 0 saturated carbocycles. The fraction of sp³-hybridized carbons (Fsp3) is 0.250. The summed E-state index contributed by atoms with van der Waals surface area (Å²) >= 11 is 3.44. The lowest BCUT2D eigenvalue weighted by molar-refractivity contribution is 1.03. The maximum Gasteiger partial charge on any atom is 0.0727 e. The molecule has 0 radical (unpaired) electrons. The molecule has 0 spiro atoms. The van der Waals surface area contributed by atoms with E-state index in [9.17, 15) is 0 Å². The quantitative estimate of drug-likeness (QED) is 0.857. The van der Waals surface area contributed by atoms with Gasteiger partial charge >= 0.3 is 0 Å². The van der Waals surface area contributed by atoms with Crippen molar-refractivity contribution in [3.8, 4) is 0 Å². The minimum Gasteiger partial charge on any atom is -0.398 e. The molecule has 0 bridgehead atoms. The molecule has 15 heavy (non-hydrogen) atoms. The Bertz CT molecular complexity index is 521. The molecule has 78 valence electrons. The molecule has 2 aromatic rings. The van der Waals surface area contributed by atoms with Crippen molar-refractivity contribution in [1.82, 2.24) is 4.98 Å². The van der Waals surface area contributed by atoms with Crippen LogP contribution < -0.4 is 5.73 Å². The van der Waals surface area contributed by atoms with Gasteiger partial charge < -0.3 is 5.73 Å². The zero-order chi connectivity index (χ0) is 11.0. The first-order chi connectivity index (χ1) is 7.13. The number of nitrogens with zero attached hydrogens (tertiary/aromatic N) is 1. The monoisotopic (exact) mass is 264 g/mol. The average Bonchev–Trinajstić information content (AvgIpc) is 2.24. The second kappa shape index (κ2) is 3.81. The second-order valence-corrected chi connectivity index (χ2v) is 4.53. The highest BCUT2D eigenvalue weighted by atomic mass is 79.9. The molecule has 0 atom stereocenters. The number of hydrogen-bond donors (Lipinski definition) is 1. The van der Waals surface area contributed by atoms with E-state index in [1.807, 2.05) is 25.1 Å². The van der Waals surface area contributed by atoms with Gasteiger partial charge in [-0.2, -0.15) is 0 Å². The lowest BCUT2D eigenvalue weighted by Gasteiger charge is -2.10. The normalized spacial score (nSPS) is 10.9. The molecule has 2 nitrogen and oxygen atoms in total. The van der Waals surface area contributed by atoms with Crippen molar-refractivity contribution in [3.05, 3.63) is 33.9 Å². The Balaban J connectivity index is 2.84. The largest absolute Gasteiger partial charge is 0.398 e. The Morgan fingerprint density at radius 3 is 2.80 bits per heavy atom. The molecular formula is C12H13BrN2. The van der Waals surface area contributed by atoms with Crippen LogP contribution in [0.15, 0.2) is 22.7 Å². The predicted octanol–water partition coefficient (Wildman–Crippen LogP) is 3.45. The lowest BCUT2D eigenvalue weighted by Crippen LogP contribution is -1.99. The zero-order valence-electron chi connectivity index (χ0n) is 8.84. The number of pyridine rings is 1. The van der Waals surface area contributed by atoms with E-state index in [1.54, 1.807) is 0 Å². The van der Waals surface area contributed by atoms with Crippen molar-refractivity contribution in [2.45, 2.75) is 20.3 Å². The summed E-state index contributed by atoms with van der Waals surface area (Å²) in [5, 5.41) is 1.03. The van der Waals surface area contributed by atoms with Crippen LogP contribution in [-0.2, 0) is 6.42 Å². The lowest BCUT2D eigenvalue weighted by atomic mass is 10.1. The van der Waals surface area contributed by atoms with Gasteiger partial charge in [0.05, 0.1) is 5.52 Å². The van der Waals surface area contributed by atoms with Gasteiger partial charge in [-0.3, -0.25) is 4.98 Å². The fourth-order valence-electron chi connectivity index (χ4n) is 1.75. The van der Waals surface area contributed by atoms with E-state index in [0.29, 0.717) is 0 Å². The minimum atomic E-state index is 0.846. The van der Waals surface area contributed by atoms with Crippen molar-refractivity contribution >= 4 is 32.5 Å². The fourth-order valence-corrected chi connectivity index (χ4v) is 2.11. The Kier molecular flexibility index (Phi) is 2.65. The van der Waals surface area contributed by atoms with E-state index >= 15 is 0 Å². The van der Waals surface area contributed by atoms with Gasteiger partial charge in [0, 0.05) is 21.2 Å². The highest BCUT2D eigenvalue weighted by Crippen LogP contribution is 2.27. The van der Waals surface area contributed by atoms with Crippen molar-refractivity contribution in [3.63, 3.8) is 0 Å². The summed E-state index contributed by atoms with van der Waals surface area (Å²) < 4.78 is 1.03. The highest BCUT2D eigenvalue weighted by molar-refractivity contribution is 9.10. The molecule has 0 aliphatic rings. The smallest absolute Gasteiger partial charge is 0.0727 e. The maximum atomic E-state index is 6.10. The van der Waals surface area contributed by atoms with Crippen LogP contribution in [0.25, 0.3) is 10.9 Å². The molecule has 0 fully saturated rings. The molecule has 0 aliphatic carbocycles. The second-order valence-electron chi connectivity index (χ2n) is 3.61. The molecule has 1 aromatic carbocycles. The minimum absolute atomic E-state index is 0.846. The topological polar surface area (TPSA) is 38.9 Å². The summed E-state index contributed by atoms with van der Waals surface area (Å²) in [6.07, 6.45) is 0.919. The van der Waals surface area contributed by atoms with Crippen molar-refractivity contribution in [2.75, 3.05) is 5.73 Å². The molecule has 0 amide bonds. The Morgan fingerprint density at radius 2 is 2.13 bits per heavy atom. The van der Waals surface area contributed by atoms with E-state index in [0.717, 1.165) is 38.7 Å². The van der Waals surface area contributed by atoms with Gasteiger partial charge in [-0.25, -0.2) is 0 Å². The maximum absolute atomic E-state index is 6.10. The number of nitrogen functional groups attached to an aromatic ring is 1. The van der Waals surface area contributed by atoms with Crippen LogP contribution in [0.3, 0.4) is 0 Å². The number of aryl methyl sites for hydroxylation is 1. The van der Waals surface area contributed by atoms with Crippen LogP contribution in [0, 0.1) is 6.92 Å². The number of nitrogens with two attached hydrogens (primary N) is 1. The van der Waals surface area contributed by atoms with Gasteiger partial charge in [-0.1, -0.05) is 22.9 Å². The number of benzene rings is 1. The first-order valence-electron chi connectivity index (χ1n) is 4.97. The number of anilines is 1. The summed E-state index contributed by atoms with van der Waals surface area (Å²) in [6, 6.07) is 6.00. The van der Waals surface area contributed by atoms with Crippen LogP contribution in [0.4, 0.5) is 5.69 Å². The first-order valence-corrected chi connectivity index (χ1v) is 5.77. The Hall–Kier alpha value is -1.09. The Morgan fingerprint density at radius 1 is 1.40 bits per heavy atom. The van der Waals surface area contributed by atoms with E-state index in [-0.39, 0.29) is 0 Å². The number of hydrogen-bond acceptors (Lipinski definition) is 2. The third kappa shape index (κ3) is 1.72. The molecule has 3 heteroatoms. The van der Waals surface area contributed by atoms with Gasteiger partial charge in [0.2, 0.25) is 0 Å². The van der Waals surface area contributed by atoms with Crippen LogP contribution in [0.2, 0.25) is 0 Å². The van der Waals surface area contributed by atoms with Crippen molar-refractivity contribution in [1.29, 1.82) is 0 Å². The van der Waals surface area contributed by atoms with Gasteiger partial charge in [-0.15, -0.1) is 0 Å². The van der Waals surface area contributed by atoms with Crippen LogP contribution in [0.1, 0.15) is 18.2 Å². The van der Waals surface area contributed by atoms with Crippen LogP contribution in [0.5, 0.6) is 0 Å². The number of aromatic nitrogens is 1. The SMILES string of the molecule is CCc1nc2ccc(Br)cc2c(N)c1C. The molecule has 0 unspecified atom stereocenters. The van der Waals surface area contributed by atoms with Crippen LogP contribution in [-0.4, -0.2) is 4.98 Å². The van der Waals surface area contributed by atoms with E-state index in [1.165, 1.54) is 0 Å². The standard InChI is InChI=1S/C12H13BrN2/c1-3-10-7(2)12(14)9-6-8(13)4-5-11(9)15-10/h4-6H,3H2,1-2H3,(H2,14,15). The summed E-state index contributed by atoms with van der Waals surface area (Å²) in [6.45, 7) is 4.13. The first kappa shape index (κ1) is 10.4. The molecule has 2 N–H and O–H groups in total. The molecule has 0 aliphatic heterocycles. The van der Waals surface area contributed by atoms with Gasteiger partial charge in [0.15, 0.2) is 0 Å². The summed E-state index contributed by atoms with van der Waals surface area (Å²) in [4.78, 5) is 4.59. The molecule has 1 heterocycles. The Labute approximate surface area is 97.6 Å². The molecule has 1 aromatic heterocycles. The molecule has 2 rings (SSSR count). The zero-order valence-corrected chi connectivity index (χ0v) is 10.4. The summed E-state index contributed by atoms with van der Waals surface area (Å²) in [5.74, 6) is 0. The van der Waals surface area contributed by atoms with Gasteiger partial charge in [0.25, 0.3) is 0 Å². The van der Waals surface area contributed by atoms with Crippen molar-refractivity contribution < 1.29 is 0 Å². The summed E-state index contributed by atoms with van der Waals surface area (Å²) in [5.41, 5.74) is 10.1. The number of rotatable bonds is 1. The third-order valence-corrected chi connectivity index (χ3v) is 3.17. The molecular weight excluding hydrogens is 252 g/mol. The average molecular weight is 265 g/mol.